The lowest BCUT2D eigenvalue weighted by molar-refractivity contribution is 0.0671. The van der Waals surface area contributed by atoms with Crippen molar-refractivity contribution in [3.05, 3.63) is 95.9 Å². The lowest BCUT2D eigenvalue weighted by Crippen LogP contribution is -2.39. The minimum absolute atomic E-state index is 0.0307. The monoisotopic (exact) mass is 494 g/mol. The van der Waals surface area contributed by atoms with Crippen molar-refractivity contribution >= 4 is 22.9 Å². The van der Waals surface area contributed by atoms with Gasteiger partial charge in [0.25, 0.3) is 5.91 Å². The van der Waals surface area contributed by atoms with E-state index in [0.29, 0.717) is 29.9 Å². The van der Waals surface area contributed by atoms with Gasteiger partial charge in [0.15, 0.2) is 17.0 Å². The average molecular weight is 495 g/mol. The first-order valence-corrected chi connectivity index (χ1v) is 12.2. The van der Waals surface area contributed by atoms with Gasteiger partial charge in [0, 0.05) is 32.1 Å². The molecule has 0 fully saturated rings. The highest BCUT2D eigenvalue weighted by Crippen LogP contribution is 2.31. The van der Waals surface area contributed by atoms with Crippen molar-refractivity contribution in [2.45, 2.75) is 32.7 Å². The molecule has 0 saturated carbocycles. The standard InChI is InChI=1S/C28H30N8O/c1-5-6-7-8-18(2)15-23-24-22(33-34(23)4)13-14-35(28(24)37)19(3)20-9-11-21(12-10-20)36-17-32-25-26(29)30-16-31-27(25)36/h5-12,16-17,19H,1,13-15H2,2-4H3,(H2,29,30,31)/b7-6-,18-8+/t19-/m0/s1. The zero-order chi connectivity index (χ0) is 26.1. The van der Waals surface area contributed by atoms with Crippen LogP contribution in [-0.4, -0.2) is 46.7 Å². The lowest BCUT2D eigenvalue weighted by atomic mass is 9.97. The van der Waals surface area contributed by atoms with Gasteiger partial charge in [-0.25, -0.2) is 15.0 Å². The fraction of sp³-hybridized carbons (Fsp3) is 0.250. The quantitative estimate of drug-likeness (QED) is 0.387. The Labute approximate surface area is 215 Å². The summed E-state index contributed by atoms with van der Waals surface area (Å²) in [4.78, 5) is 28.4. The van der Waals surface area contributed by atoms with Crippen LogP contribution in [0.4, 0.5) is 5.82 Å². The Bertz CT molecular complexity index is 1540. The Kier molecular flexibility index (Phi) is 6.43. The number of carbonyl (C=O) groups excluding carboxylic acids is 1. The second-order valence-electron chi connectivity index (χ2n) is 9.26. The molecule has 9 heteroatoms. The van der Waals surface area contributed by atoms with E-state index in [4.69, 9.17) is 5.73 Å². The van der Waals surface area contributed by atoms with Crippen LogP contribution in [-0.2, 0) is 19.9 Å². The number of nitrogens with two attached hydrogens (primary N) is 1. The van der Waals surface area contributed by atoms with Crippen LogP contribution in [0, 0.1) is 0 Å². The summed E-state index contributed by atoms with van der Waals surface area (Å²) in [6.07, 6.45) is 12.2. The Hall–Kier alpha value is -4.53. The number of anilines is 1. The number of aryl methyl sites for hydroxylation is 1. The smallest absolute Gasteiger partial charge is 0.258 e. The van der Waals surface area contributed by atoms with Crippen LogP contribution in [0.2, 0.25) is 0 Å². The van der Waals surface area contributed by atoms with E-state index < -0.39 is 0 Å². The molecule has 4 heterocycles. The van der Waals surface area contributed by atoms with Crippen LogP contribution < -0.4 is 5.73 Å². The van der Waals surface area contributed by atoms with Gasteiger partial charge in [-0.1, -0.05) is 48.6 Å². The molecule has 0 spiro atoms. The molecule has 0 aliphatic carbocycles. The predicted molar refractivity (Wildman–Crippen MR) is 144 cm³/mol. The summed E-state index contributed by atoms with van der Waals surface area (Å²) < 4.78 is 3.73. The van der Waals surface area contributed by atoms with E-state index in [2.05, 4.69) is 40.5 Å². The lowest BCUT2D eigenvalue weighted by Gasteiger charge is -2.33. The molecule has 1 atom stereocenters. The van der Waals surface area contributed by atoms with Crippen LogP contribution in [0.5, 0.6) is 0 Å². The van der Waals surface area contributed by atoms with Gasteiger partial charge in [-0.3, -0.25) is 14.0 Å². The number of imidazole rings is 1. The van der Waals surface area contributed by atoms with Crippen LogP contribution in [0.25, 0.3) is 16.9 Å². The van der Waals surface area contributed by atoms with Gasteiger partial charge in [-0.2, -0.15) is 5.10 Å². The van der Waals surface area contributed by atoms with Crippen LogP contribution in [0.15, 0.2) is 73.4 Å². The molecule has 1 aliphatic heterocycles. The van der Waals surface area contributed by atoms with E-state index in [0.717, 1.165) is 40.2 Å². The number of carbonyl (C=O) groups is 1. The van der Waals surface area contributed by atoms with Crippen molar-refractivity contribution in [3.8, 4) is 5.69 Å². The average Bonchev–Trinajstić information content (AvgIpc) is 3.46. The number of rotatable bonds is 7. The SMILES string of the molecule is C=C/C=C\C=C(/C)Cc1c2c(nn1C)CCN([C@@H](C)c1ccc(-n3cnc4c(N)ncnc43)cc1)C2=O. The van der Waals surface area contributed by atoms with Crippen LogP contribution in [0.3, 0.4) is 0 Å². The minimum Gasteiger partial charge on any atom is -0.382 e. The molecule has 0 radical (unpaired) electrons. The van der Waals surface area contributed by atoms with Gasteiger partial charge >= 0.3 is 0 Å². The topological polar surface area (TPSA) is 108 Å². The number of allylic oxidation sites excluding steroid dienone is 5. The molecule has 0 bridgehead atoms. The van der Waals surface area contributed by atoms with Crippen molar-refractivity contribution in [1.29, 1.82) is 0 Å². The van der Waals surface area contributed by atoms with Gasteiger partial charge < -0.3 is 10.6 Å². The Morgan fingerprint density at radius 1 is 1.19 bits per heavy atom. The Balaban J connectivity index is 1.39. The fourth-order valence-electron chi connectivity index (χ4n) is 4.84. The first kappa shape index (κ1) is 24.2. The van der Waals surface area contributed by atoms with Crippen molar-refractivity contribution in [2.24, 2.45) is 7.05 Å². The van der Waals surface area contributed by atoms with Crippen molar-refractivity contribution < 1.29 is 4.79 Å². The molecule has 37 heavy (non-hydrogen) atoms. The third-order valence-corrected chi connectivity index (χ3v) is 6.86. The number of fused-ring (bicyclic) bond motifs is 2. The molecule has 188 valence electrons. The summed E-state index contributed by atoms with van der Waals surface area (Å²) >= 11 is 0. The molecule has 1 amide bonds. The van der Waals surface area contributed by atoms with Crippen molar-refractivity contribution in [1.82, 2.24) is 34.2 Å². The molecule has 4 aromatic rings. The highest BCUT2D eigenvalue weighted by Gasteiger charge is 2.33. The molecule has 0 saturated heterocycles. The fourth-order valence-corrected chi connectivity index (χ4v) is 4.84. The third-order valence-electron chi connectivity index (χ3n) is 6.86. The second-order valence-corrected chi connectivity index (χ2v) is 9.26. The van der Waals surface area contributed by atoms with Gasteiger partial charge in [0.2, 0.25) is 0 Å². The van der Waals surface area contributed by atoms with Gasteiger partial charge in [0.05, 0.1) is 23.0 Å². The van der Waals surface area contributed by atoms with E-state index >= 15 is 0 Å². The van der Waals surface area contributed by atoms with E-state index in [1.54, 1.807) is 12.4 Å². The minimum atomic E-state index is -0.0904. The molecule has 1 aliphatic rings. The molecular weight excluding hydrogens is 464 g/mol. The first-order chi connectivity index (χ1) is 17.9. The number of nitrogens with zero attached hydrogens (tertiary/aromatic N) is 7. The predicted octanol–water partition coefficient (Wildman–Crippen LogP) is 4.12. The highest BCUT2D eigenvalue weighted by atomic mass is 16.2. The number of aromatic nitrogens is 6. The molecule has 2 N–H and O–H groups in total. The van der Waals surface area contributed by atoms with E-state index in [1.807, 2.05) is 63.7 Å². The molecule has 3 aromatic heterocycles. The van der Waals surface area contributed by atoms with E-state index in [-0.39, 0.29) is 11.9 Å². The molecule has 1 aromatic carbocycles. The summed E-state index contributed by atoms with van der Waals surface area (Å²) in [5.41, 5.74) is 12.8. The zero-order valence-corrected chi connectivity index (χ0v) is 21.3. The molecule has 9 nitrogen and oxygen atoms in total. The van der Waals surface area contributed by atoms with E-state index in [9.17, 15) is 4.79 Å². The van der Waals surface area contributed by atoms with Gasteiger partial charge in [0.1, 0.15) is 12.7 Å². The summed E-state index contributed by atoms with van der Waals surface area (Å²) in [7, 11) is 1.92. The van der Waals surface area contributed by atoms with Gasteiger partial charge in [-0.15, -0.1) is 0 Å². The van der Waals surface area contributed by atoms with Crippen LogP contribution >= 0.6 is 0 Å². The maximum absolute atomic E-state index is 13.7. The zero-order valence-electron chi connectivity index (χ0n) is 21.3. The van der Waals surface area contributed by atoms with Crippen molar-refractivity contribution in [2.75, 3.05) is 12.3 Å². The molecule has 0 unspecified atom stereocenters. The van der Waals surface area contributed by atoms with E-state index in [1.165, 1.54) is 6.33 Å². The van der Waals surface area contributed by atoms with Crippen LogP contribution in [0.1, 0.15) is 47.2 Å². The van der Waals surface area contributed by atoms with Crippen molar-refractivity contribution in [3.63, 3.8) is 0 Å². The normalized spacial score (nSPS) is 14.9. The Morgan fingerprint density at radius 3 is 2.73 bits per heavy atom. The highest BCUT2D eigenvalue weighted by molar-refractivity contribution is 5.98. The Morgan fingerprint density at radius 2 is 1.97 bits per heavy atom. The number of hydrogen-bond donors (Lipinski definition) is 1. The maximum Gasteiger partial charge on any atom is 0.258 e. The molecule has 5 rings (SSSR count). The molecular formula is C28H30N8O. The number of amides is 1. The number of benzene rings is 1. The second kappa shape index (κ2) is 9.85. The summed E-state index contributed by atoms with van der Waals surface area (Å²) in [6, 6.07) is 8.01. The maximum atomic E-state index is 13.7. The van der Waals surface area contributed by atoms with Gasteiger partial charge in [-0.05, 0) is 31.5 Å². The first-order valence-electron chi connectivity index (χ1n) is 12.2. The summed E-state index contributed by atoms with van der Waals surface area (Å²) in [5, 5.41) is 4.67. The largest absolute Gasteiger partial charge is 0.382 e. The number of nitrogen functional groups attached to an aromatic ring is 1. The number of hydrogen-bond acceptors (Lipinski definition) is 6. The third kappa shape index (κ3) is 4.44. The summed E-state index contributed by atoms with van der Waals surface area (Å²) in [6.45, 7) is 8.46. The summed E-state index contributed by atoms with van der Waals surface area (Å²) in [5.74, 6) is 0.383.